The van der Waals surface area contributed by atoms with Gasteiger partial charge in [0, 0.05) is 0 Å². The number of carbonyl (C=O) groups excluding carboxylic acids is 2. The van der Waals surface area contributed by atoms with E-state index in [-0.39, 0.29) is 6.42 Å². The number of nitriles is 1. The highest BCUT2D eigenvalue weighted by Gasteiger charge is 2.39. The summed E-state index contributed by atoms with van der Waals surface area (Å²) in [5.74, 6) is 0.319. The summed E-state index contributed by atoms with van der Waals surface area (Å²) < 4.78 is 5.01. The van der Waals surface area contributed by atoms with Gasteiger partial charge in [-0.25, -0.2) is 4.79 Å². The van der Waals surface area contributed by atoms with Gasteiger partial charge in [-0.2, -0.15) is 5.26 Å². The molecule has 3 amide bonds. The number of benzene rings is 1. The first-order chi connectivity index (χ1) is 9.13. The Kier molecular flexibility index (Phi) is 3.66. The molecule has 19 heavy (non-hydrogen) atoms. The highest BCUT2D eigenvalue weighted by Crippen LogP contribution is 2.15. The predicted molar refractivity (Wildman–Crippen MR) is 66.3 cm³/mol. The number of imide groups is 1. The fraction of sp³-hybridized carbons (Fsp3) is 0.308. The highest BCUT2D eigenvalue weighted by molar-refractivity contribution is 5.96. The fourth-order valence-corrected chi connectivity index (χ4v) is 1.64. The molecule has 0 saturated carbocycles. The van der Waals surface area contributed by atoms with E-state index in [0.717, 1.165) is 5.56 Å². The average Bonchev–Trinajstić information content (AvgIpc) is 3.19. The van der Waals surface area contributed by atoms with Crippen molar-refractivity contribution in [2.75, 3.05) is 13.7 Å². The highest BCUT2D eigenvalue weighted by atomic mass is 16.5. The van der Waals surface area contributed by atoms with E-state index in [4.69, 9.17) is 10.00 Å². The van der Waals surface area contributed by atoms with Gasteiger partial charge in [0.05, 0.1) is 26.1 Å². The number of nitrogens with zero attached hydrogens (tertiary/aromatic N) is 2. The molecule has 1 aromatic carbocycles. The maximum Gasteiger partial charge on any atom is 0.325 e. The number of amides is 3. The smallest absolute Gasteiger partial charge is 0.325 e. The second-order valence-electron chi connectivity index (χ2n) is 4.18. The first-order valence-electron chi connectivity index (χ1n) is 5.77. The topological polar surface area (TPSA) is 82.2 Å². The summed E-state index contributed by atoms with van der Waals surface area (Å²) in [6.45, 7) is 0.387. The van der Waals surface area contributed by atoms with Crippen LogP contribution < -0.4 is 10.1 Å². The van der Waals surface area contributed by atoms with E-state index in [1.165, 1.54) is 4.90 Å². The molecule has 2 rings (SSSR count). The lowest BCUT2D eigenvalue weighted by molar-refractivity contribution is -0.119. The van der Waals surface area contributed by atoms with Crippen molar-refractivity contribution in [2.24, 2.45) is 0 Å². The zero-order valence-corrected chi connectivity index (χ0v) is 10.4. The molecule has 1 aliphatic heterocycles. The van der Waals surface area contributed by atoms with Crippen molar-refractivity contribution in [1.29, 1.82) is 5.26 Å². The first-order valence-corrected chi connectivity index (χ1v) is 5.77. The minimum Gasteiger partial charge on any atom is -0.497 e. The lowest BCUT2D eigenvalue weighted by Crippen LogP contribution is -2.35. The average molecular weight is 259 g/mol. The van der Waals surface area contributed by atoms with Crippen molar-refractivity contribution in [3.05, 3.63) is 29.8 Å². The van der Waals surface area contributed by atoms with E-state index in [0.29, 0.717) is 12.3 Å². The molecule has 1 heterocycles. The van der Waals surface area contributed by atoms with Crippen LogP contribution in [0.3, 0.4) is 0 Å². The Morgan fingerprint density at radius 1 is 1.47 bits per heavy atom. The minimum atomic E-state index is -0.509. The van der Waals surface area contributed by atoms with Crippen molar-refractivity contribution in [1.82, 2.24) is 10.2 Å². The molecule has 0 radical (unpaired) electrons. The Morgan fingerprint density at radius 2 is 2.16 bits per heavy atom. The second-order valence-corrected chi connectivity index (χ2v) is 4.18. The van der Waals surface area contributed by atoms with Crippen molar-refractivity contribution in [3.8, 4) is 11.8 Å². The van der Waals surface area contributed by atoms with E-state index in [1.54, 1.807) is 31.4 Å². The second kappa shape index (κ2) is 5.40. The molecular weight excluding hydrogens is 246 g/mol. The van der Waals surface area contributed by atoms with Gasteiger partial charge in [0.25, 0.3) is 0 Å². The van der Waals surface area contributed by atoms with Gasteiger partial charge in [0.2, 0.25) is 5.91 Å². The Bertz CT molecular complexity index is 533. The number of hydrogen-bond donors (Lipinski definition) is 1. The molecule has 6 heteroatoms. The fourth-order valence-electron chi connectivity index (χ4n) is 1.64. The third kappa shape index (κ3) is 3.22. The number of nitrogens with one attached hydrogen (secondary N) is 1. The maximum atomic E-state index is 11.6. The third-order valence-electron chi connectivity index (χ3n) is 2.79. The van der Waals surface area contributed by atoms with Crippen LogP contribution in [-0.4, -0.2) is 36.5 Å². The van der Waals surface area contributed by atoms with Gasteiger partial charge in [-0.3, -0.25) is 10.1 Å². The molecular formula is C13H13N3O3. The summed E-state index contributed by atoms with van der Waals surface area (Å²) in [6.07, 6.45) is 0.112. The normalized spacial score (nSPS) is 16.4. The van der Waals surface area contributed by atoms with Gasteiger partial charge in [0.1, 0.15) is 11.8 Å². The molecule has 1 saturated heterocycles. The van der Waals surface area contributed by atoms with Crippen LogP contribution in [0.4, 0.5) is 4.79 Å². The molecule has 0 spiro atoms. The maximum absolute atomic E-state index is 11.6. The van der Waals surface area contributed by atoms with E-state index in [9.17, 15) is 9.59 Å². The minimum absolute atomic E-state index is 0.112. The molecule has 1 fully saturated rings. The Hall–Kier alpha value is -2.55. The lowest BCUT2D eigenvalue weighted by atomic mass is 10.1. The summed E-state index contributed by atoms with van der Waals surface area (Å²) in [7, 11) is 1.57. The van der Waals surface area contributed by atoms with Gasteiger partial charge in [-0.1, -0.05) is 12.1 Å². The van der Waals surface area contributed by atoms with Gasteiger partial charge in [-0.15, -0.1) is 0 Å². The Labute approximate surface area is 110 Å². The number of rotatable bonds is 3. The van der Waals surface area contributed by atoms with Crippen LogP contribution in [0.25, 0.3) is 0 Å². The number of ether oxygens (including phenoxy) is 1. The third-order valence-corrected chi connectivity index (χ3v) is 2.79. The molecule has 0 aliphatic carbocycles. The van der Waals surface area contributed by atoms with Crippen LogP contribution in [0.1, 0.15) is 5.56 Å². The van der Waals surface area contributed by atoms with E-state index >= 15 is 0 Å². The van der Waals surface area contributed by atoms with Crippen molar-refractivity contribution in [3.63, 3.8) is 0 Å². The van der Waals surface area contributed by atoms with E-state index in [1.807, 2.05) is 6.07 Å². The SMILES string of the molecule is COc1ccc(CC(=O)NC(=O)N2CC2C#N)cc1. The number of urea groups is 1. The van der Waals surface area contributed by atoms with Crippen LogP contribution in [0, 0.1) is 11.3 Å². The zero-order valence-electron chi connectivity index (χ0n) is 10.4. The van der Waals surface area contributed by atoms with Crippen LogP contribution in [0.5, 0.6) is 5.75 Å². The molecule has 6 nitrogen and oxygen atoms in total. The van der Waals surface area contributed by atoms with Crippen molar-refractivity contribution < 1.29 is 14.3 Å². The van der Waals surface area contributed by atoms with Gasteiger partial charge in [0.15, 0.2) is 0 Å². The molecule has 1 aliphatic rings. The summed E-state index contributed by atoms with van der Waals surface area (Å²) in [4.78, 5) is 24.4. The molecule has 1 N–H and O–H groups in total. The molecule has 0 bridgehead atoms. The summed E-state index contributed by atoms with van der Waals surface area (Å²) in [5, 5.41) is 10.8. The standard InChI is InChI=1S/C13H13N3O3/c1-19-11-4-2-9(3-5-11)6-12(17)15-13(18)16-8-10(16)7-14/h2-5,10H,6,8H2,1H3,(H,15,17,18). The van der Waals surface area contributed by atoms with E-state index < -0.39 is 18.0 Å². The quantitative estimate of drug-likeness (QED) is 0.809. The summed E-state index contributed by atoms with van der Waals surface area (Å²) >= 11 is 0. The van der Waals surface area contributed by atoms with Gasteiger partial charge >= 0.3 is 6.03 Å². The van der Waals surface area contributed by atoms with Crippen LogP contribution in [0.2, 0.25) is 0 Å². The van der Waals surface area contributed by atoms with Crippen LogP contribution in [0.15, 0.2) is 24.3 Å². The molecule has 1 aromatic rings. The largest absolute Gasteiger partial charge is 0.497 e. The summed E-state index contributed by atoms with van der Waals surface area (Å²) in [5.41, 5.74) is 0.786. The predicted octanol–water partition coefficient (Wildman–Crippen LogP) is 0.682. The zero-order chi connectivity index (χ0) is 13.8. The van der Waals surface area contributed by atoms with Gasteiger partial charge < -0.3 is 9.64 Å². The molecule has 98 valence electrons. The van der Waals surface area contributed by atoms with Crippen LogP contribution >= 0.6 is 0 Å². The molecule has 1 atom stereocenters. The number of carbonyl (C=O) groups is 2. The van der Waals surface area contributed by atoms with Crippen molar-refractivity contribution >= 4 is 11.9 Å². The lowest BCUT2D eigenvalue weighted by Gasteiger charge is -2.05. The Balaban J connectivity index is 1.84. The number of hydrogen-bond acceptors (Lipinski definition) is 4. The van der Waals surface area contributed by atoms with Crippen molar-refractivity contribution in [2.45, 2.75) is 12.5 Å². The van der Waals surface area contributed by atoms with Crippen LogP contribution in [-0.2, 0) is 11.2 Å². The van der Waals surface area contributed by atoms with E-state index in [2.05, 4.69) is 5.32 Å². The summed E-state index contributed by atoms with van der Waals surface area (Å²) in [6, 6.07) is 8.07. The first kappa shape index (κ1) is 12.9. The monoisotopic (exact) mass is 259 g/mol. The molecule has 1 unspecified atom stereocenters. The Morgan fingerprint density at radius 3 is 2.68 bits per heavy atom. The number of methoxy groups -OCH3 is 1. The molecule has 0 aromatic heterocycles. The van der Waals surface area contributed by atoms with Gasteiger partial charge in [-0.05, 0) is 17.7 Å².